The number of carbonyl (C=O) groups is 1. The number of likely N-dealkylation sites (tertiary alicyclic amines) is 1. The molecular weight excluding hydrogens is 224 g/mol. The molecule has 1 rings (SSSR count). The predicted octanol–water partition coefficient (Wildman–Crippen LogP) is 3.32. The number of amides is 1. The fourth-order valence-corrected chi connectivity index (χ4v) is 1.96. The van der Waals surface area contributed by atoms with Crippen LogP contribution in [-0.2, 0) is 4.79 Å². The minimum absolute atomic E-state index is 0. The number of carbonyl (C=O) groups excluding carboxylic acids is 1. The molecule has 0 spiro atoms. The van der Waals surface area contributed by atoms with Crippen molar-refractivity contribution in [1.29, 1.82) is 0 Å². The van der Waals surface area contributed by atoms with Gasteiger partial charge in [-0.3, -0.25) is 4.79 Å². The zero-order valence-electron chi connectivity index (χ0n) is 12.6. The zero-order chi connectivity index (χ0) is 14.2. The molecule has 0 aromatic rings. The van der Waals surface area contributed by atoms with E-state index < -0.39 is 0 Å². The van der Waals surface area contributed by atoms with Crippen LogP contribution in [0.2, 0.25) is 0 Å². The maximum absolute atomic E-state index is 11.9. The van der Waals surface area contributed by atoms with Crippen LogP contribution in [0.25, 0.3) is 0 Å². The van der Waals surface area contributed by atoms with Crippen LogP contribution in [-0.4, -0.2) is 36.5 Å². The van der Waals surface area contributed by atoms with Gasteiger partial charge in [-0.15, -0.1) is 13.2 Å². The number of hydrogen-bond donors (Lipinski definition) is 1. The lowest BCUT2D eigenvalue weighted by Crippen LogP contribution is -2.46. The van der Waals surface area contributed by atoms with Crippen LogP contribution < -0.4 is 5.32 Å². The topological polar surface area (TPSA) is 32.3 Å². The molecule has 110 valence electrons. The highest BCUT2D eigenvalue weighted by Crippen LogP contribution is 2.14. The van der Waals surface area contributed by atoms with Gasteiger partial charge in [0.2, 0.25) is 5.91 Å². The summed E-state index contributed by atoms with van der Waals surface area (Å²) < 4.78 is 0. The summed E-state index contributed by atoms with van der Waals surface area (Å²) in [6, 6.07) is 0.310. The first-order valence-corrected chi connectivity index (χ1v) is 6.97. The fourth-order valence-electron chi connectivity index (χ4n) is 1.96. The molecule has 1 N–H and O–H groups in total. The maximum atomic E-state index is 11.9. The second-order valence-electron chi connectivity index (χ2n) is 5.84. The van der Waals surface area contributed by atoms with Crippen molar-refractivity contribution in [2.45, 2.75) is 53.0 Å². The van der Waals surface area contributed by atoms with Crippen LogP contribution in [0, 0.1) is 5.41 Å². The average molecular weight is 258 g/mol. The molecular formula is C15H34N2O. The highest BCUT2D eigenvalue weighted by Gasteiger charge is 2.24. The van der Waals surface area contributed by atoms with Gasteiger partial charge in [0.1, 0.15) is 0 Å². The van der Waals surface area contributed by atoms with E-state index in [-0.39, 0.29) is 14.2 Å². The molecule has 1 amide bonds. The lowest BCUT2D eigenvalue weighted by Gasteiger charge is -2.27. The lowest BCUT2D eigenvalue weighted by molar-refractivity contribution is -0.129. The van der Waals surface area contributed by atoms with Gasteiger partial charge in [-0.25, -0.2) is 0 Å². The highest BCUT2D eigenvalue weighted by atomic mass is 16.2. The molecule has 1 heterocycles. The van der Waals surface area contributed by atoms with E-state index in [4.69, 9.17) is 0 Å². The SMILES string of the molecule is C=C.CC[C@@H](CN1CCCC1)NC(=O)C(C)(C)C.[HH].[HH]. The van der Waals surface area contributed by atoms with Gasteiger partial charge in [0, 0.05) is 20.9 Å². The number of rotatable bonds is 4. The van der Waals surface area contributed by atoms with Crippen LogP contribution in [0.1, 0.15) is 49.8 Å². The predicted molar refractivity (Wildman–Crippen MR) is 82.8 cm³/mol. The molecule has 1 fully saturated rings. The Balaban J connectivity index is -0.000000689. The quantitative estimate of drug-likeness (QED) is 0.785. The maximum Gasteiger partial charge on any atom is 0.225 e. The Morgan fingerprint density at radius 1 is 1.33 bits per heavy atom. The van der Waals surface area contributed by atoms with E-state index in [0.717, 1.165) is 13.0 Å². The second-order valence-corrected chi connectivity index (χ2v) is 5.84. The molecule has 3 heteroatoms. The Morgan fingerprint density at radius 2 is 1.83 bits per heavy atom. The van der Waals surface area contributed by atoms with E-state index in [0.29, 0.717) is 6.04 Å². The van der Waals surface area contributed by atoms with Gasteiger partial charge in [-0.2, -0.15) is 0 Å². The molecule has 1 aliphatic rings. The largest absolute Gasteiger partial charge is 0.352 e. The van der Waals surface area contributed by atoms with Gasteiger partial charge in [0.05, 0.1) is 0 Å². The molecule has 0 radical (unpaired) electrons. The van der Waals surface area contributed by atoms with Crippen molar-refractivity contribution >= 4 is 5.91 Å². The summed E-state index contributed by atoms with van der Waals surface area (Å²) in [7, 11) is 0. The Kier molecular flexibility index (Phi) is 7.92. The van der Waals surface area contributed by atoms with Crippen LogP contribution in [0.4, 0.5) is 0 Å². The van der Waals surface area contributed by atoms with E-state index in [9.17, 15) is 4.79 Å². The third kappa shape index (κ3) is 6.20. The minimum atomic E-state index is -0.279. The van der Waals surface area contributed by atoms with Gasteiger partial charge in [0.25, 0.3) is 0 Å². The Hall–Kier alpha value is -0.830. The molecule has 1 saturated heterocycles. The summed E-state index contributed by atoms with van der Waals surface area (Å²) in [5, 5.41) is 3.15. The molecule has 0 aromatic carbocycles. The molecule has 18 heavy (non-hydrogen) atoms. The summed E-state index contributed by atoms with van der Waals surface area (Å²) in [6.45, 7) is 17.4. The van der Waals surface area contributed by atoms with Crippen molar-refractivity contribution in [3.63, 3.8) is 0 Å². The van der Waals surface area contributed by atoms with Crippen LogP contribution >= 0.6 is 0 Å². The smallest absolute Gasteiger partial charge is 0.225 e. The van der Waals surface area contributed by atoms with Crippen LogP contribution in [0.15, 0.2) is 13.2 Å². The van der Waals surface area contributed by atoms with E-state index in [1.807, 2.05) is 20.8 Å². The van der Waals surface area contributed by atoms with E-state index in [2.05, 4.69) is 30.3 Å². The molecule has 3 nitrogen and oxygen atoms in total. The molecule has 0 aliphatic carbocycles. The van der Waals surface area contributed by atoms with E-state index in [1.165, 1.54) is 25.9 Å². The second kappa shape index (κ2) is 8.30. The summed E-state index contributed by atoms with van der Waals surface area (Å²) in [6.07, 6.45) is 3.63. The Morgan fingerprint density at radius 3 is 2.22 bits per heavy atom. The number of nitrogens with one attached hydrogen (secondary N) is 1. The fraction of sp³-hybridized carbons (Fsp3) is 0.800. The van der Waals surface area contributed by atoms with Crippen molar-refractivity contribution in [3.05, 3.63) is 13.2 Å². The third-order valence-electron chi connectivity index (χ3n) is 3.19. The average Bonchev–Trinajstić information content (AvgIpc) is 2.82. The molecule has 0 bridgehead atoms. The summed E-state index contributed by atoms with van der Waals surface area (Å²) in [5.74, 6) is 0.165. The Labute approximate surface area is 116 Å². The van der Waals surface area contributed by atoms with Crippen molar-refractivity contribution < 1.29 is 7.65 Å². The normalized spacial score (nSPS) is 17.8. The summed E-state index contributed by atoms with van der Waals surface area (Å²) in [5.41, 5.74) is -0.279. The molecule has 0 saturated carbocycles. The molecule has 0 unspecified atom stereocenters. The molecule has 0 aromatic heterocycles. The zero-order valence-corrected chi connectivity index (χ0v) is 12.6. The van der Waals surface area contributed by atoms with Crippen LogP contribution in [0.3, 0.4) is 0 Å². The highest BCUT2D eigenvalue weighted by molar-refractivity contribution is 5.81. The third-order valence-corrected chi connectivity index (χ3v) is 3.19. The van der Waals surface area contributed by atoms with Crippen molar-refractivity contribution in [2.24, 2.45) is 5.41 Å². The first kappa shape index (κ1) is 17.2. The van der Waals surface area contributed by atoms with E-state index >= 15 is 0 Å². The monoisotopic (exact) mass is 258 g/mol. The van der Waals surface area contributed by atoms with Gasteiger partial charge in [-0.1, -0.05) is 27.7 Å². The first-order valence-electron chi connectivity index (χ1n) is 6.97. The summed E-state index contributed by atoms with van der Waals surface area (Å²) >= 11 is 0. The van der Waals surface area contributed by atoms with Gasteiger partial charge in [-0.05, 0) is 32.4 Å². The Bertz CT molecular complexity index is 249. The number of nitrogens with zero attached hydrogens (tertiary/aromatic N) is 1. The van der Waals surface area contributed by atoms with E-state index in [1.54, 1.807) is 0 Å². The summed E-state index contributed by atoms with van der Waals surface area (Å²) in [4.78, 5) is 14.3. The first-order chi connectivity index (χ1) is 8.43. The standard InChI is InChI=1S/C13H26N2O.C2H4.2H2/c1-5-11(10-15-8-6-7-9-15)14-12(16)13(2,3)4;1-2;;/h11H,5-10H2,1-4H3,(H,14,16);1-2H2;2*1H/t11-;;;/m0.../s1. The molecule has 1 atom stereocenters. The minimum Gasteiger partial charge on any atom is -0.352 e. The van der Waals surface area contributed by atoms with Crippen molar-refractivity contribution in [1.82, 2.24) is 10.2 Å². The number of hydrogen-bond acceptors (Lipinski definition) is 2. The van der Waals surface area contributed by atoms with Gasteiger partial charge < -0.3 is 10.2 Å². The molecule has 1 aliphatic heterocycles. The van der Waals surface area contributed by atoms with Crippen LogP contribution in [0.5, 0.6) is 0 Å². The van der Waals surface area contributed by atoms with Gasteiger partial charge >= 0.3 is 0 Å². The van der Waals surface area contributed by atoms with Crippen molar-refractivity contribution in [3.8, 4) is 0 Å². The van der Waals surface area contributed by atoms with Crippen molar-refractivity contribution in [2.75, 3.05) is 19.6 Å². The van der Waals surface area contributed by atoms with Gasteiger partial charge in [0.15, 0.2) is 0 Å². The lowest BCUT2D eigenvalue weighted by atomic mass is 9.95.